The SMILES string of the molecule is CC(C)(C)OCCCCCCC1CC([Si](C)(C)C2CC(CCCCCCOC(C)(C)C)C3C=CC=CC32)C2C=CC=CC12.[CH3-].[CH3-].[Cl][Zr+2][Cl]. The molecule has 0 aliphatic heterocycles. The van der Waals surface area contributed by atoms with Gasteiger partial charge in [0.2, 0.25) is 0 Å². The number of hydrogen-bond acceptors (Lipinski definition) is 2. The van der Waals surface area contributed by atoms with E-state index in [1.165, 1.54) is 77.0 Å². The van der Waals surface area contributed by atoms with Gasteiger partial charge in [0.25, 0.3) is 0 Å². The van der Waals surface area contributed by atoms with Gasteiger partial charge in [-0.15, -0.1) is 0 Å². The standard InChI is InChI=1S/C40H68O2Si.2CH3.2ClH.Zr/c1-39(2,3)41-27-19-11-9-13-21-31-29-37(35-25-17-15-23-33(31)35)43(7,8)38-30-32(34-24-16-18-26-36(34)38)22-14-10-12-20-28-42-40(4,5)6;;;;;/h15-18,23-26,31-38H,9-14,19-22,27-30H2,1-8H3;2*1H3;2*1H;/q;2*-1;;;+4/p-2. The summed E-state index contributed by atoms with van der Waals surface area (Å²) in [6, 6.07) is 0. The van der Waals surface area contributed by atoms with E-state index in [0.29, 0.717) is 0 Å². The third-order valence-electron chi connectivity index (χ3n) is 11.5. The monoisotopic (exact) mass is 798 g/mol. The molecule has 8 unspecified atom stereocenters. The van der Waals surface area contributed by atoms with Gasteiger partial charge in [0, 0.05) is 13.2 Å². The van der Waals surface area contributed by atoms with Crippen molar-refractivity contribution >= 4 is 25.1 Å². The molecule has 0 aromatic heterocycles. The van der Waals surface area contributed by atoms with Crippen LogP contribution in [0.5, 0.6) is 0 Å². The minimum atomic E-state index is -1.51. The Bertz CT molecular complexity index is 919. The molecular weight excluding hydrogens is 727 g/mol. The van der Waals surface area contributed by atoms with Crippen molar-refractivity contribution in [3.63, 3.8) is 0 Å². The number of allylic oxidation sites excluding steroid dienone is 8. The zero-order chi connectivity index (χ0) is 33.8. The van der Waals surface area contributed by atoms with Crippen molar-refractivity contribution in [3.8, 4) is 0 Å². The van der Waals surface area contributed by atoms with Crippen LogP contribution in [-0.4, -0.2) is 32.5 Å². The molecule has 48 heavy (non-hydrogen) atoms. The van der Waals surface area contributed by atoms with Crippen molar-refractivity contribution in [2.24, 2.45) is 35.5 Å². The molecule has 4 rings (SSSR count). The summed E-state index contributed by atoms with van der Waals surface area (Å²) in [5.41, 5.74) is 1.84. The van der Waals surface area contributed by atoms with Crippen LogP contribution >= 0.6 is 17.0 Å². The van der Waals surface area contributed by atoms with Crippen molar-refractivity contribution in [2.75, 3.05) is 13.2 Å². The van der Waals surface area contributed by atoms with Gasteiger partial charge >= 0.3 is 37.9 Å². The van der Waals surface area contributed by atoms with Gasteiger partial charge in [0.05, 0.1) is 19.3 Å². The first-order chi connectivity index (χ1) is 21.8. The first kappa shape index (κ1) is 46.6. The van der Waals surface area contributed by atoms with Crippen molar-refractivity contribution in [1.82, 2.24) is 0 Å². The maximum absolute atomic E-state index is 5.95. The molecular formula is C42H74Cl2O2SiZr. The molecule has 0 amide bonds. The van der Waals surface area contributed by atoms with Crippen LogP contribution in [-0.2, 0) is 30.3 Å². The van der Waals surface area contributed by atoms with E-state index < -0.39 is 28.9 Å². The Kier molecular flexibility index (Phi) is 21.9. The predicted molar refractivity (Wildman–Crippen MR) is 214 cm³/mol. The normalized spacial score (nSPS) is 28.9. The van der Waals surface area contributed by atoms with Crippen LogP contribution in [0.3, 0.4) is 0 Å². The molecule has 4 aliphatic carbocycles. The zero-order valence-electron chi connectivity index (χ0n) is 32.7. The number of hydrogen-bond donors (Lipinski definition) is 0. The van der Waals surface area contributed by atoms with E-state index in [1.54, 1.807) is 0 Å². The molecule has 0 saturated heterocycles. The molecule has 0 spiro atoms. The van der Waals surface area contributed by atoms with E-state index in [1.807, 2.05) is 0 Å². The van der Waals surface area contributed by atoms with Gasteiger partial charge in [-0.3, -0.25) is 0 Å². The Morgan fingerprint density at radius 2 is 0.875 bits per heavy atom. The first-order valence-corrected chi connectivity index (χ1v) is 28.2. The molecule has 2 fully saturated rings. The number of halogens is 2. The van der Waals surface area contributed by atoms with Crippen LogP contribution in [0.25, 0.3) is 0 Å². The van der Waals surface area contributed by atoms with Gasteiger partial charge in [-0.25, -0.2) is 0 Å². The van der Waals surface area contributed by atoms with Crippen LogP contribution in [0.1, 0.15) is 119 Å². The Balaban J connectivity index is 0.00000222. The summed E-state index contributed by atoms with van der Waals surface area (Å²) in [7, 11) is 8.36. The summed E-state index contributed by atoms with van der Waals surface area (Å²) in [6.07, 6.45) is 36.3. The maximum atomic E-state index is 5.95. The van der Waals surface area contributed by atoms with E-state index in [4.69, 9.17) is 26.5 Å². The second-order valence-electron chi connectivity index (χ2n) is 17.3. The van der Waals surface area contributed by atoms with Crippen molar-refractivity contribution < 1.29 is 30.3 Å². The number of ether oxygens (including phenoxy) is 2. The Morgan fingerprint density at radius 1 is 0.562 bits per heavy atom. The van der Waals surface area contributed by atoms with E-state index in [0.717, 1.165) is 59.8 Å². The molecule has 0 N–H and O–H groups in total. The molecule has 4 aliphatic rings. The predicted octanol–water partition coefficient (Wildman–Crippen LogP) is 14.0. The molecule has 2 saturated carbocycles. The minimum absolute atomic E-state index is 0. The fourth-order valence-corrected chi connectivity index (χ4v) is 14.3. The zero-order valence-corrected chi connectivity index (χ0v) is 37.7. The van der Waals surface area contributed by atoms with Crippen LogP contribution in [0.15, 0.2) is 48.6 Å². The van der Waals surface area contributed by atoms with Crippen LogP contribution in [0, 0.1) is 50.4 Å². The first-order valence-electron chi connectivity index (χ1n) is 18.7. The van der Waals surface area contributed by atoms with Gasteiger partial charge in [-0.2, -0.15) is 0 Å². The number of fused-ring (bicyclic) bond motifs is 2. The summed E-state index contributed by atoms with van der Waals surface area (Å²) in [4.78, 5) is 0. The summed E-state index contributed by atoms with van der Waals surface area (Å²) in [6.45, 7) is 20.4. The summed E-state index contributed by atoms with van der Waals surface area (Å²) in [5.74, 6) is 4.89. The second-order valence-corrected chi connectivity index (χ2v) is 26.1. The third-order valence-corrected chi connectivity index (χ3v) is 16.6. The molecule has 6 heteroatoms. The molecule has 0 bridgehead atoms. The molecule has 0 aromatic carbocycles. The second kappa shape index (κ2) is 22.6. The molecule has 2 nitrogen and oxygen atoms in total. The van der Waals surface area contributed by atoms with Crippen LogP contribution in [0.2, 0.25) is 24.2 Å². The summed E-state index contributed by atoms with van der Waals surface area (Å²) >= 11 is -0.826. The fourth-order valence-electron chi connectivity index (χ4n) is 9.29. The quantitative estimate of drug-likeness (QED) is 0.0879. The molecule has 0 radical (unpaired) electrons. The molecule has 276 valence electrons. The van der Waals surface area contributed by atoms with Gasteiger partial charge in [0.15, 0.2) is 0 Å². The fraction of sp³-hybridized carbons (Fsp3) is 0.762. The van der Waals surface area contributed by atoms with Crippen molar-refractivity contribution in [3.05, 3.63) is 63.5 Å². The van der Waals surface area contributed by atoms with Crippen LogP contribution in [0.4, 0.5) is 0 Å². The topological polar surface area (TPSA) is 18.5 Å². The third kappa shape index (κ3) is 14.9. The average Bonchev–Trinajstić information content (AvgIpc) is 3.55. The van der Waals surface area contributed by atoms with Gasteiger partial charge < -0.3 is 24.3 Å². The van der Waals surface area contributed by atoms with E-state index >= 15 is 0 Å². The number of unbranched alkanes of at least 4 members (excludes halogenated alkanes) is 6. The molecule has 8 atom stereocenters. The van der Waals surface area contributed by atoms with Crippen LogP contribution < -0.4 is 0 Å². The summed E-state index contributed by atoms with van der Waals surface area (Å²) in [5, 5.41) is 0. The van der Waals surface area contributed by atoms with Crippen molar-refractivity contribution in [1.29, 1.82) is 0 Å². The Hall–Kier alpha value is 0.560. The average molecular weight is 801 g/mol. The van der Waals surface area contributed by atoms with Crippen molar-refractivity contribution in [2.45, 2.75) is 154 Å². The van der Waals surface area contributed by atoms with E-state index in [2.05, 4.69) is 103 Å². The van der Waals surface area contributed by atoms with E-state index in [9.17, 15) is 0 Å². The Morgan fingerprint density at radius 3 is 1.21 bits per heavy atom. The summed E-state index contributed by atoms with van der Waals surface area (Å²) < 4.78 is 11.9. The van der Waals surface area contributed by atoms with Gasteiger partial charge in [-0.05, 0) is 127 Å². The molecule has 0 heterocycles. The van der Waals surface area contributed by atoms with Gasteiger partial charge in [-0.1, -0.05) is 100 Å². The number of rotatable bonds is 16. The molecule has 0 aromatic rings. The Labute approximate surface area is 319 Å². The van der Waals surface area contributed by atoms with Gasteiger partial charge in [0.1, 0.15) is 0 Å². The van der Waals surface area contributed by atoms with E-state index in [-0.39, 0.29) is 26.1 Å².